The first-order valence-electron chi connectivity index (χ1n) is 16.1. The zero-order valence-corrected chi connectivity index (χ0v) is 28.2. The fourth-order valence-corrected chi connectivity index (χ4v) is 8.55. The van der Waals surface area contributed by atoms with Crippen molar-refractivity contribution in [3.05, 3.63) is 16.1 Å². The third-order valence-corrected chi connectivity index (χ3v) is 11.3. The van der Waals surface area contributed by atoms with Crippen molar-refractivity contribution in [3.8, 4) is 0 Å². The lowest BCUT2D eigenvalue weighted by Gasteiger charge is -2.70. The van der Waals surface area contributed by atoms with Gasteiger partial charge in [-0.1, -0.05) is 47.5 Å². The van der Waals surface area contributed by atoms with E-state index in [-0.39, 0.29) is 53.5 Å². The van der Waals surface area contributed by atoms with Crippen molar-refractivity contribution in [3.63, 3.8) is 0 Å². The average Bonchev–Trinajstić information content (AvgIpc) is 3.40. The highest BCUT2D eigenvalue weighted by Gasteiger charge is 2.67. The van der Waals surface area contributed by atoms with Crippen molar-refractivity contribution in [1.82, 2.24) is 20.1 Å². The van der Waals surface area contributed by atoms with Gasteiger partial charge in [-0.3, -0.25) is 24.1 Å². The summed E-state index contributed by atoms with van der Waals surface area (Å²) in [4.78, 5) is 61.0. The van der Waals surface area contributed by atoms with E-state index in [2.05, 4.69) is 22.1 Å². The van der Waals surface area contributed by atoms with E-state index in [0.717, 1.165) is 51.5 Å². The number of rotatable bonds is 14. The number of amides is 2. The molecule has 0 spiro atoms. The van der Waals surface area contributed by atoms with Crippen molar-refractivity contribution >= 4 is 34.9 Å². The number of thiazole rings is 1. The predicted molar refractivity (Wildman–Crippen MR) is 168 cm³/mol. The fraction of sp³-hybridized carbons (Fsp3) is 0.788. The molecule has 43 heavy (non-hydrogen) atoms. The monoisotopic (exact) mass is 616 g/mol. The van der Waals surface area contributed by atoms with Crippen molar-refractivity contribution < 1.29 is 23.9 Å². The summed E-state index contributed by atoms with van der Waals surface area (Å²) in [6.45, 7) is 12.6. The van der Waals surface area contributed by atoms with E-state index < -0.39 is 18.0 Å². The first-order chi connectivity index (χ1) is 20.2. The molecule has 1 saturated heterocycles. The van der Waals surface area contributed by atoms with Crippen LogP contribution in [0, 0.1) is 23.2 Å². The van der Waals surface area contributed by atoms with Crippen LogP contribution in [-0.2, 0) is 19.1 Å². The van der Waals surface area contributed by atoms with Gasteiger partial charge in [-0.15, -0.1) is 11.3 Å². The maximum atomic E-state index is 14.0. The minimum atomic E-state index is -0.694. The molecule has 4 atom stereocenters. The molecule has 240 valence electrons. The predicted octanol–water partition coefficient (Wildman–Crippen LogP) is 5.40. The van der Waals surface area contributed by atoms with Gasteiger partial charge in [0.15, 0.2) is 11.9 Å². The Labute approximate surface area is 261 Å². The summed E-state index contributed by atoms with van der Waals surface area (Å²) in [5.41, 5.74) is 0.673. The SMILES string of the molecule is CCC12CC(NC(=O)c3csc([C@@H](C[C@H](C(C)C)N(C)C(=O)[C@@H](CC(=O)C4CCCCN4C)C(C)C)OC(C)=O)n3)(C1)C2. The molecule has 9 nitrogen and oxygen atoms in total. The van der Waals surface area contributed by atoms with Crippen molar-refractivity contribution in [2.24, 2.45) is 23.2 Å². The molecule has 1 aliphatic heterocycles. The van der Waals surface area contributed by atoms with Crippen LogP contribution in [0.4, 0.5) is 0 Å². The van der Waals surface area contributed by atoms with Crippen LogP contribution < -0.4 is 5.32 Å². The lowest BCUT2D eigenvalue weighted by atomic mass is 9.38. The summed E-state index contributed by atoms with van der Waals surface area (Å²) in [6, 6.07) is -0.390. The smallest absolute Gasteiger partial charge is 0.303 e. The number of carbonyl (C=O) groups is 4. The third-order valence-electron chi connectivity index (χ3n) is 10.4. The molecular formula is C33H52N4O5S. The largest absolute Gasteiger partial charge is 0.455 e. The molecule has 0 aromatic carbocycles. The number of ketones is 1. The van der Waals surface area contributed by atoms with Gasteiger partial charge in [-0.05, 0) is 62.9 Å². The van der Waals surface area contributed by atoms with Gasteiger partial charge in [0.05, 0.1) is 6.04 Å². The molecule has 3 aliphatic carbocycles. The highest BCUT2D eigenvalue weighted by Crippen LogP contribution is 2.68. The van der Waals surface area contributed by atoms with E-state index in [1.165, 1.54) is 18.3 Å². The van der Waals surface area contributed by atoms with Gasteiger partial charge in [0.1, 0.15) is 10.7 Å². The molecule has 4 aliphatic rings. The van der Waals surface area contributed by atoms with Crippen LogP contribution in [0.15, 0.2) is 5.38 Å². The summed E-state index contributed by atoms with van der Waals surface area (Å²) in [5, 5.41) is 5.47. The average molecular weight is 617 g/mol. The fourth-order valence-electron chi connectivity index (χ4n) is 7.71. The van der Waals surface area contributed by atoms with E-state index in [9.17, 15) is 19.2 Å². The number of hydrogen-bond donors (Lipinski definition) is 1. The highest BCUT2D eigenvalue weighted by molar-refractivity contribution is 7.09. The topological polar surface area (TPSA) is 109 Å². The van der Waals surface area contributed by atoms with E-state index in [1.54, 1.807) is 17.3 Å². The minimum absolute atomic E-state index is 0.00167. The number of aromatic nitrogens is 1. The summed E-state index contributed by atoms with van der Waals surface area (Å²) >= 11 is 1.30. The number of likely N-dealkylation sites (tertiary alicyclic amines) is 1. The second-order valence-electron chi connectivity index (χ2n) is 14.3. The van der Waals surface area contributed by atoms with E-state index >= 15 is 0 Å². The molecule has 10 heteroatoms. The standard InChI is InChI=1S/C33H52N4O5S/c1-9-32-17-33(18-32,19-32)35-29(40)24-16-43-30(34-24)28(42-22(6)38)15-26(21(4)5)37(8)31(41)23(20(2)3)14-27(39)25-12-10-11-13-36(25)7/h16,20-21,23,25-26,28H,9-15,17-19H2,1-8H3,(H,35,40)/t23-,25?,26+,28+,32?,33?/m0/s1. The first-order valence-corrected chi connectivity index (χ1v) is 17.0. The van der Waals surface area contributed by atoms with Crippen LogP contribution in [0.5, 0.6) is 0 Å². The van der Waals surface area contributed by atoms with Crippen molar-refractivity contribution in [1.29, 1.82) is 0 Å². The number of nitrogens with one attached hydrogen (secondary N) is 1. The van der Waals surface area contributed by atoms with Gasteiger partial charge in [0.25, 0.3) is 5.91 Å². The van der Waals surface area contributed by atoms with Gasteiger partial charge >= 0.3 is 5.97 Å². The van der Waals surface area contributed by atoms with Crippen molar-refractivity contribution in [2.45, 2.75) is 123 Å². The van der Waals surface area contributed by atoms with Gasteiger partial charge < -0.3 is 15.0 Å². The van der Waals surface area contributed by atoms with E-state index in [1.807, 2.05) is 34.7 Å². The molecule has 0 radical (unpaired) electrons. The molecule has 4 fully saturated rings. The Morgan fingerprint density at radius 3 is 2.37 bits per heavy atom. The molecule has 3 saturated carbocycles. The summed E-state index contributed by atoms with van der Waals surface area (Å²) in [7, 11) is 3.78. The second kappa shape index (κ2) is 13.3. The maximum absolute atomic E-state index is 14.0. The Hall–Kier alpha value is -2.33. The van der Waals surface area contributed by atoms with Crippen molar-refractivity contribution in [2.75, 3.05) is 20.6 Å². The van der Waals surface area contributed by atoms with Crippen LogP contribution in [0.2, 0.25) is 0 Å². The van der Waals surface area contributed by atoms with Crippen LogP contribution in [0.25, 0.3) is 0 Å². The lowest BCUT2D eigenvalue weighted by molar-refractivity contribution is -0.149. The van der Waals surface area contributed by atoms with Gasteiger partial charge in [0, 0.05) is 49.7 Å². The van der Waals surface area contributed by atoms with Gasteiger partial charge in [-0.2, -0.15) is 0 Å². The van der Waals surface area contributed by atoms with E-state index in [4.69, 9.17) is 4.74 Å². The zero-order chi connectivity index (χ0) is 31.7. The third kappa shape index (κ3) is 7.32. The number of hydrogen-bond acceptors (Lipinski definition) is 8. The zero-order valence-electron chi connectivity index (χ0n) is 27.4. The van der Waals surface area contributed by atoms with Crippen LogP contribution in [0.3, 0.4) is 0 Å². The summed E-state index contributed by atoms with van der Waals surface area (Å²) in [6.07, 6.45) is 7.10. The Kier molecular flexibility index (Phi) is 10.4. The molecule has 1 aromatic rings. The number of carbonyl (C=O) groups excluding carboxylic acids is 4. The van der Waals surface area contributed by atoms with E-state index in [0.29, 0.717) is 22.5 Å². The Morgan fingerprint density at radius 2 is 1.81 bits per heavy atom. The molecule has 2 heterocycles. The summed E-state index contributed by atoms with van der Waals surface area (Å²) in [5.74, 6) is -0.933. The second-order valence-corrected chi connectivity index (χ2v) is 15.2. The minimum Gasteiger partial charge on any atom is -0.455 e. The maximum Gasteiger partial charge on any atom is 0.303 e. The number of ether oxygens (including phenoxy) is 1. The lowest BCUT2D eigenvalue weighted by Crippen LogP contribution is -2.74. The molecule has 1 aromatic heterocycles. The normalized spacial score (nSPS) is 27.1. The molecule has 2 amide bonds. The highest BCUT2D eigenvalue weighted by atomic mass is 32.1. The summed E-state index contributed by atoms with van der Waals surface area (Å²) < 4.78 is 5.75. The Morgan fingerprint density at radius 1 is 1.14 bits per heavy atom. The van der Waals surface area contributed by atoms with Gasteiger partial charge in [-0.25, -0.2) is 4.98 Å². The number of piperidine rings is 1. The van der Waals surface area contributed by atoms with Gasteiger partial charge in [0.2, 0.25) is 5.91 Å². The molecular weight excluding hydrogens is 564 g/mol. The number of esters is 1. The van der Waals surface area contributed by atoms with Crippen LogP contribution in [0.1, 0.15) is 121 Å². The molecule has 2 bridgehead atoms. The molecule has 1 unspecified atom stereocenters. The quantitative estimate of drug-likeness (QED) is 0.279. The van der Waals surface area contributed by atoms with Crippen LogP contribution in [-0.4, -0.2) is 76.6 Å². The number of likely N-dealkylation sites (N-methyl/N-ethyl adjacent to an activating group) is 1. The number of Topliss-reactive ketones (excluding diaryl/α,β-unsaturated/α-hetero) is 1. The first kappa shape index (κ1) is 33.6. The Balaban J connectivity index is 1.45. The van der Waals surface area contributed by atoms with Crippen LogP contribution >= 0.6 is 11.3 Å². The Bertz CT molecular complexity index is 1180. The molecule has 1 N–H and O–H groups in total. The number of nitrogens with zero attached hydrogens (tertiary/aromatic N) is 3. The molecule has 5 rings (SSSR count).